The van der Waals surface area contributed by atoms with Gasteiger partial charge in [0.05, 0.1) is 25.4 Å². The van der Waals surface area contributed by atoms with Gasteiger partial charge in [-0.25, -0.2) is 0 Å². The fraction of sp³-hybridized carbons (Fsp3) is 0.904. The van der Waals surface area contributed by atoms with Crippen LogP contribution in [0.25, 0.3) is 0 Å². The smallest absolute Gasteiger partial charge is 0.305 e. The minimum Gasteiger partial charge on any atom is -0.466 e. The molecule has 0 rings (SSSR count). The van der Waals surface area contributed by atoms with Crippen molar-refractivity contribution in [3.63, 3.8) is 0 Å². The summed E-state index contributed by atoms with van der Waals surface area (Å²) in [5.74, 6) is -0.0477. The lowest BCUT2D eigenvalue weighted by atomic mass is 10.0. The normalized spacial score (nSPS) is 12.6. The van der Waals surface area contributed by atoms with E-state index in [2.05, 4.69) is 43.5 Å². The topological polar surface area (TPSA) is 95.9 Å². The highest BCUT2D eigenvalue weighted by molar-refractivity contribution is 5.76. The van der Waals surface area contributed by atoms with Crippen molar-refractivity contribution >= 4 is 11.9 Å². The van der Waals surface area contributed by atoms with Crippen LogP contribution in [0.5, 0.6) is 0 Å². The molecule has 0 heterocycles. The maximum Gasteiger partial charge on any atom is 0.305 e. The SMILES string of the molecule is CCCCCC/C=C\C/C=C\CCCCCCCC(=O)OCCCCCCCCCCCCCCCCCCCCCCCCCCCCCCCCCCCCCCCC(=O)NC(CO)C(O)/C=C/CCCCCCCCCCCCCCCCCCC. The summed E-state index contributed by atoms with van der Waals surface area (Å²) in [6.45, 7) is 4.93. The molecule has 6 heteroatoms. The van der Waals surface area contributed by atoms with Gasteiger partial charge in [-0.3, -0.25) is 9.59 Å². The third-order valence-corrected chi connectivity index (χ3v) is 19.2. The highest BCUT2D eigenvalue weighted by atomic mass is 16.5. The molecule has 0 spiro atoms. The molecule has 0 bridgehead atoms. The Morgan fingerprint density at radius 3 is 0.865 bits per heavy atom. The van der Waals surface area contributed by atoms with Crippen LogP contribution in [-0.4, -0.2) is 47.4 Å². The fourth-order valence-electron chi connectivity index (χ4n) is 13.0. The van der Waals surface area contributed by atoms with Gasteiger partial charge >= 0.3 is 5.97 Å². The van der Waals surface area contributed by atoms with Crippen LogP contribution >= 0.6 is 0 Å². The Morgan fingerprint density at radius 2 is 0.562 bits per heavy atom. The minimum absolute atomic E-state index is 0.0103. The summed E-state index contributed by atoms with van der Waals surface area (Å²) in [6, 6.07) is -0.624. The summed E-state index contributed by atoms with van der Waals surface area (Å²) in [6.07, 6.45) is 103. The van der Waals surface area contributed by atoms with Gasteiger partial charge in [-0.2, -0.15) is 0 Å². The van der Waals surface area contributed by atoms with E-state index in [1.165, 1.54) is 379 Å². The third-order valence-electron chi connectivity index (χ3n) is 19.2. The minimum atomic E-state index is -0.841. The maximum absolute atomic E-state index is 12.5. The van der Waals surface area contributed by atoms with Gasteiger partial charge in [0, 0.05) is 12.8 Å². The fourth-order valence-corrected chi connectivity index (χ4v) is 13.0. The van der Waals surface area contributed by atoms with E-state index in [-0.39, 0.29) is 18.5 Å². The van der Waals surface area contributed by atoms with Gasteiger partial charge < -0.3 is 20.3 Å². The Balaban J connectivity index is 3.32. The Hall–Kier alpha value is -1.92. The predicted octanol–water partition coefficient (Wildman–Crippen LogP) is 27.0. The van der Waals surface area contributed by atoms with E-state index in [1.807, 2.05) is 6.08 Å². The van der Waals surface area contributed by atoms with Crippen LogP contribution in [0.15, 0.2) is 36.5 Å². The molecule has 0 aliphatic carbocycles. The molecule has 0 saturated carbocycles. The average Bonchev–Trinajstić information content (AvgIpc) is 3.64. The second-order valence-corrected chi connectivity index (χ2v) is 28.1. The number of carbonyl (C=O) groups excluding carboxylic acids is 2. The second kappa shape index (κ2) is 78.5. The lowest BCUT2D eigenvalue weighted by Gasteiger charge is -2.20. The predicted molar refractivity (Wildman–Crippen MR) is 393 cm³/mol. The summed E-state index contributed by atoms with van der Waals surface area (Å²) >= 11 is 0. The van der Waals surface area contributed by atoms with E-state index in [0.29, 0.717) is 19.4 Å². The number of nitrogens with one attached hydrogen (secondary N) is 1. The van der Waals surface area contributed by atoms with Gasteiger partial charge in [0.25, 0.3) is 0 Å². The largest absolute Gasteiger partial charge is 0.466 e. The molecule has 0 aromatic carbocycles. The van der Waals surface area contributed by atoms with Crippen molar-refractivity contribution in [2.75, 3.05) is 13.2 Å². The molecular formula is C83H159NO5. The van der Waals surface area contributed by atoms with E-state index in [0.717, 1.165) is 51.4 Å². The number of amides is 1. The standard InChI is InChI=1S/C83H159NO5/c1-3-5-7-9-11-13-15-17-19-21-41-44-47-51-55-59-63-67-71-75-81(86)80(79-85)84-82(87)76-72-68-64-60-56-52-48-45-42-39-37-35-33-31-29-27-25-23-22-24-26-28-30-32-34-36-38-40-43-46-50-54-58-62-66-70-74-78-89-83(88)77-73-69-65-61-57-53-49-20-18-16-14-12-10-8-6-4-2/h14,16,20,49,71,75,80-81,85-86H,3-13,15,17-19,21-48,50-70,72-74,76-79H2,1-2H3,(H,84,87)/b16-14-,49-20-,75-71+. The Kier molecular flexibility index (Phi) is 76.8. The maximum atomic E-state index is 12.5. The van der Waals surface area contributed by atoms with E-state index in [9.17, 15) is 19.8 Å². The van der Waals surface area contributed by atoms with Crippen LogP contribution in [0.1, 0.15) is 457 Å². The van der Waals surface area contributed by atoms with Crippen molar-refractivity contribution in [2.24, 2.45) is 0 Å². The van der Waals surface area contributed by atoms with Crippen LogP contribution in [0.4, 0.5) is 0 Å². The first-order valence-electron chi connectivity index (χ1n) is 40.8. The van der Waals surface area contributed by atoms with Crippen LogP contribution < -0.4 is 5.32 Å². The number of allylic oxidation sites excluding steroid dienone is 5. The molecule has 2 unspecified atom stereocenters. The lowest BCUT2D eigenvalue weighted by Crippen LogP contribution is -2.45. The molecule has 1 amide bonds. The van der Waals surface area contributed by atoms with Crippen molar-refractivity contribution in [3.05, 3.63) is 36.5 Å². The van der Waals surface area contributed by atoms with Crippen LogP contribution in [0, 0.1) is 0 Å². The molecule has 6 nitrogen and oxygen atoms in total. The number of aliphatic hydroxyl groups excluding tert-OH is 2. The Bertz CT molecular complexity index is 1440. The second-order valence-electron chi connectivity index (χ2n) is 28.1. The van der Waals surface area contributed by atoms with Crippen LogP contribution in [0.2, 0.25) is 0 Å². The van der Waals surface area contributed by atoms with Crippen molar-refractivity contribution < 1.29 is 24.5 Å². The van der Waals surface area contributed by atoms with Crippen molar-refractivity contribution in [3.8, 4) is 0 Å². The van der Waals surface area contributed by atoms with Crippen molar-refractivity contribution in [1.29, 1.82) is 0 Å². The lowest BCUT2D eigenvalue weighted by molar-refractivity contribution is -0.143. The van der Waals surface area contributed by atoms with E-state index in [4.69, 9.17) is 4.74 Å². The van der Waals surface area contributed by atoms with Gasteiger partial charge in [0.1, 0.15) is 0 Å². The summed E-state index contributed by atoms with van der Waals surface area (Å²) in [4.78, 5) is 24.6. The van der Waals surface area contributed by atoms with Gasteiger partial charge in [-0.05, 0) is 64.2 Å². The molecule has 89 heavy (non-hydrogen) atoms. The number of hydrogen-bond donors (Lipinski definition) is 3. The number of unbranched alkanes of at least 4 members (excludes halogenated alkanes) is 62. The highest BCUT2D eigenvalue weighted by Crippen LogP contribution is 2.20. The highest BCUT2D eigenvalue weighted by Gasteiger charge is 2.18. The van der Waals surface area contributed by atoms with Gasteiger partial charge in [0.15, 0.2) is 0 Å². The number of hydrogen-bond acceptors (Lipinski definition) is 5. The first-order valence-corrected chi connectivity index (χ1v) is 40.8. The van der Waals surface area contributed by atoms with Crippen LogP contribution in [-0.2, 0) is 14.3 Å². The molecule has 0 aliphatic rings. The summed E-state index contributed by atoms with van der Waals surface area (Å²) < 4.78 is 5.50. The van der Waals surface area contributed by atoms with Gasteiger partial charge in [0.2, 0.25) is 5.91 Å². The summed E-state index contributed by atoms with van der Waals surface area (Å²) in [5.41, 5.74) is 0. The molecule has 0 saturated heterocycles. The number of aliphatic hydroxyl groups is 2. The number of ether oxygens (including phenoxy) is 1. The van der Waals surface area contributed by atoms with Crippen molar-refractivity contribution in [1.82, 2.24) is 5.32 Å². The summed E-state index contributed by atoms with van der Waals surface area (Å²) in [5, 5.41) is 23.3. The molecule has 0 fully saturated rings. The van der Waals surface area contributed by atoms with E-state index >= 15 is 0 Å². The molecule has 0 aliphatic heterocycles. The number of rotatable bonds is 77. The Morgan fingerprint density at radius 1 is 0.315 bits per heavy atom. The molecular weight excluding hydrogens is 1090 g/mol. The molecule has 526 valence electrons. The Labute approximate surface area is 557 Å². The molecule has 3 N–H and O–H groups in total. The van der Waals surface area contributed by atoms with Crippen LogP contribution in [0.3, 0.4) is 0 Å². The first kappa shape index (κ1) is 87.1. The third kappa shape index (κ3) is 75.0. The first-order chi connectivity index (χ1) is 44.0. The molecule has 0 aromatic rings. The summed E-state index contributed by atoms with van der Waals surface area (Å²) in [7, 11) is 0. The zero-order valence-corrected chi connectivity index (χ0v) is 60.4. The monoisotopic (exact) mass is 1250 g/mol. The van der Waals surface area contributed by atoms with Gasteiger partial charge in [-0.15, -0.1) is 0 Å². The van der Waals surface area contributed by atoms with Crippen molar-refractivity contribution in [2.45, 2.75) is 469 Å². The zero-order valence-electron chi connectivity index (χ0n) is 60.4. The van der Waals surface area contributed by atoms with E-state index in [1.54, 1.807) is 6.08 Å². The zero-order chi connectivity index (χ0) is 64.2. The number of carbonyl (C=O) groups is 2. The molecule has 0 radical (unpaired) electrons. The molecule has 2 atom stereocenters. The quantitative estimate of drug-likeness (QED) is 0.0320. The van der Waals surface area contributed by atoms with Gasteiger partial charge in [-0.1, -0.05) is 416 Å². The van der Waals surface area contributed by atoms with E-state index < -0.39 is 12.1 Å². The molecule has 0 aromatic heterocycles. The average molecular weight is 1250 g/mol. The number of esters is 1.